The van der Waals surface area contributed by atoms with Crippen LogP contribution in [0.5, 0.6) is 0 Å². The molecule has 0 bridgehead atoms. The fourth-order valence-electron chi connectivity index (χ4n) is 2.54. The topological polar surface area (TPSA) is 72.5 Å². The fourth-order valence-corrected chi connectivity index (χ4v) is 3.39. The van der Waals surface area contributed by atoms with E-state index in [1.54, 1.807) is 20.8 Å². The minimum absolute atomic E-state index is 0.135. The lowest BCUT2D eigenvalue weighted by Crippen LogP contribution is -2.48. The Morgan fingerprint density at radius 1 is 1.11 bits per heavy atom. The maximum absolute atomic E-state index is 12.9. The van der Waals surface area contributed by atoms with Gasteiger partial charge < -0.3 is 10.1 Å². The molecule has 0 saturated heterocycles. The molecule has 1 unspecified atom stereocenters. The largest absolute Gasteiger partial charge is 0.458 e. The number of ether oxygens (including phenoxy) is 1. The first kappa shape index (κ1) is 23.2. The van der Waals surface area contributed by atoms with Gasteiger partial charge >= 0.3 is 5.97 Å². The zero-order valence-corrected chi connectivity index (χ0v) is 17.9. The summed E-state index contributed by atoms with van der Waals surface area (Å²) in [5.41, 5.74) is 0.332. The van der Waals surface area contributed by atoms with E-state index in [9.17, 15) is 14.4 Å². The highest BCUT2D eigenvalue weighted by atomic mass is 32.2. The van der Waals surface area contributed by atoms with Crippen molar-refractivity contribution in [3.8, 4) is 0 Å². The standard InChI is InChI=1S/C21H31NO4S/c1-14(2)12-17(20(25)26-21(4,5)6)22-19(24)18(27-15(3)23)13-16-10-8-7-9-11-16/h7-11,14,17-18H,12-13H2,1-6H3,(H,22,24)/t17?,18-/m1/s1. The van der Waals surface area contributed by atoms with Gasteiger partial charge in [0.2, 0.25) is 5.91 Å². The predicted molar refractivity (Wildman–Crippen MR) is 109 cm³/mol. The summed E-state index contributed by atoms with van der Waals surface area (Å²) in [6.45, 7) is 10.8. The first-order valence-electron chi connectivity index (χ1n) is 9.22. The Kier molecular flexibility index (Phi) is 9.03. The highest BCUT2D eigenvalue weighted by Crippen LogP contribution is 2.19. The number of carbonyl (C=O) groups is 3. The molecule has 5 nitrogen and oxygen atoms in total. The predicted octanol–water partition coefficient (Wildman–Crippen LogP) is 3.75. The lowest BCUT2D eigenvalue weighted by atomic mass is 10.0. The summed E-state index contributed by atoms with van der Waals surface area (Å²) in [4.78, 5) is 37.0. The Labute approximate surface area is 166 Å². The minimum Gasteiger partial charge on any atom is -0.458 e. The Morgan fingerprint density at radius 2 is 1.70 bits per heavy atom. The van der Waals surface area contributed by atoms with Crippen molar-refractivity contribution in [1.29, 1.82) is 0 Å². The van der Waals surface area contributed by atoms with Crippen molar-refractivity contribution < 1.29 is 19.1 Å². The zero-order chi connectivity index (χ0) is 20.6. The van der Waals surface area contributed by atoms with Gasteiger partial charge in [-0.05, 0) is 45.1 Å². The highest BCUT2D eigenvalue weighted by molar-refractivity contribution is 8.14. The molecule has 2 atom stereocenters. The van der Waals surface area contributed by atoms with Crippen LogP contribution in [-0.4, -0.2) is 33.9 Å². The monoisotopic (exact) mass is 393 g/mol. The number of esters is 1. The molecule has 0 aliphatic heterocycles. The second-order valence-electron chi connectivity index (χ2n) is 8.01. The van der Waals surface area contributed by atoms with Crippen molar-refractivity contribution in [3.63, 3.8) is 0 Å². The molecule has 1 aromatic rings. The van der Waals surface area contributed by atoms with E-state index in [4.69, 9.17) is 4.74 Å². The van der Waals surface area contributed by atoms with Gasteiger partial charge in [0.05, 0.1) is 5.25 Å². The van der Waals surface area contributed by atoms with Gasteiger partial charge in [0, 0.05) is 6.92 Å². The van der Waals surface area contributed by atoms with Gasteiger partial charge in [-0.15, -0.1) is 0 Å². The van der Waals surface area contributed by atoms with Crippen molar-refractivity contribution in [1.82, 2.24) is 5.32 Å². The summed E-state index contributed by atoms with van der Waals surface area (Å²) in [6, 6.07) is 8.79. The Hall–Kier alpha value is -1.82. The molecule has 0 aromatic heterocycles. The van der Waals surface area contributed by atoms with Gasteiger partial charge in [0.25, 0.3) is 0 Å². The van der Waals surface area contributed by atoms with Crippen LogP contribution in [0.15, 0.2) is 30.3 Å². The smallest absolute Gasteiger partial charge is 0.329 e. The Balaban J connectivity index is 2.92. The minimum atomic E-state index is -0.734. The lowest BCUT2D eigenvalue weighted by Gasteiger charge is -2.26. The van der Waals surface area contributed by atoms with Gasteiger partial charge in [-0.2, -0.15) is 0 Å². The molecule has 0 saturated carbocycles. The number of hydrogen-bond acceptors (Lipinski definition) is 5. The average molecular weight is 394 g/mol. The summed E-state index contributed by atoms with van der Waals surface area (Å²) < 4.78 is 5.45. The molecular formula is C21H31NO4S. The van der Waals surface area contributed by atoms with Gasteiger partial charge in [0.15, 0.2) is 5.12 Å². The van der Waals surface area contributed by atoms with E-state index in [-0.39, 0.29) is 16.9 Å². The summed E-state index contributed by atoms with van der Waals surface area (Å²) in [5, 5.41) is 2.08. The van der Waals surface area contributed by atoms with E-state index in [2.05, 4.69) is 5.32 Å². The van der Waals surface area contributed by atoms with Crippen LogP contribution in [0, 0.1) is 5.92 Å². The Morgan fingerprint density at radius 3 is 2.19 bits per heavy atom. The van der Waals surface area contributed by atoms with E-state index in [0.29, 0.717) is 12.8 Å². The third-order valence-corrected chi connectivity index (χ3v) is 4.58. The molecule has 0 aliphatic carbocycles. The zero-order valence-electron chi connectivity index (χ0n) is 17.1. The lowest BCUT2D eigenvalue weighted by molar-refractivity contribution is -0.159. The molecule has 0 radical (unpaired) electrons. The van der Waals surface area contributed by atoms with E-state index in [1.807, 2.05) is 44.2 Å². The van der Waals surface area contributed by atoms with Crippen LogP contribution in [0.4, 0.5) is 0 Å². The molecule has 0 aliphatic rings. The van der Waals surface area contributed by atoms with Crippen molar-refractivity contribution in [2.75, 3.05) is 0 Å². The number of nitrogens with one attached hydrogen (secondary N) is 1. The quantitative estimate of drug-likeness (QED) is 0.681. The summed E-state index contributed by atoms with van der Waals surface area (Å²) >= 11 is 0.985. The van der Waals surface area contributed by atoms with Crippen LogP contribution >= 0.6 is 11.8 Å². The summed E-state index contributed by atoms with van der Waals surface area (Å²) in [7, 11) is 0. The maximum Gasteiger partial charge on any atom is 0.329 e. The molecule has 6 heteroatoms. The second-order valence-corrected chi connectivity index (χ2v) is 9.39. The van der Waals surface area contributed by atoms with E-state index >= 15 is 0 Å². The number of amides is 1. The van der Waals surface area contributed by atoms with Crippen LogP contribution in [-0.2, 0) is 25.5 Å². The molecule has 1 amide bonds. The summed E-state index contributed by atoms with van der Waals surface area (Å²) in [6.07, 6.45) is 0.892. The average Bonchev–Trinajstić information content (AvgIpc) is 2.52. The number of thioether (sulfide) groups is 1. The third kappa shape index (κ3) is 9.61. The van der Waals surface area contributed by atoms with Crippen molar-refractivity contribution >= 4 is 28.8 Å². The van der Waals surface area contributed by atoms with E-state index in [1.165, 1.54) is 6.92 Å². The van der Waals surface area contributed by atoms with Crippen molar-refractivity contribution in [2.45, 2.75) is 71.3 Å². The van der Waals surface area contributed by atoms with Gasteiger partial charge in [-0.3, -0.25) is 9.59 Å². The summed E-state index contributed by atoms with van der Waals surface area (Å²) in [5.74, 6) is -0.567. The molecule has 0 fully saturated rings. The highest BCUT2D eigenvalue weighted by Gasteiger charge is 2.30. The molecule has 150 valence electrons. The normalized spacial score (nSPS) is 13.7. The number of carbonyl (C=O) groups excluding carboxylic acids is 3. The van der Waals surface area contributed by atoms with Crippen LogP contribution in [0.2, 0.25) is 0 Å². The van der Waals surface area contributed by atoms with Crippen LogP contribution in [0.3, 0.4) is 0 Å². The third-order valence-electron chi connectivity index (χ3n) is 3.58. The van der Waals surface area contributed by atoms with Crippen LogP contribution in [0.25, 0.3) is 0 Å². The molecule has 1 N–H and O–H groups in total. The van der Waals surface area contributed by atoms with Crippen molar-refractivity contribution in [3.05, 3.63) is 35.9 Å². The first-order chi connectivity index (χ1) is 12.5. The molecule has 1 aromatic carbocycles. The van der Waals surface area contributed by atoms with Gasteiger partial charge in [-0.1, -0.05) is 55.9 Å². The van der Waals surface area contributed by atoms with Gasteiger partial charge in [-0.25, -0.2) is 4.79 Å². The number of rotatable bonds is 8. The first-order valence-corrected chi connectivity index (χ1v) is 10.1. The van der Waals surface area contributed by atoms with Crippen LogP contribution in [0.1, 0.15) is 53.5 Å². The number of benzene rings is 1. The SMILES string of the molecule is CC(=O)S[C@H](Cc1ccccc1)C(=O)NC(CC(C)C)C(=O)OC(C)(C)C. The van der Waals surface area contributed by atoms with E-state index < -0.39 is 22.9 Å². The molecular weight excluding hydrogens is 362 g/mol. The number of hydrogen-bond donors (Lipinski definition) is 1. The molecule has 0 spiro atoms. The maximum atomic E-state index is 12.9. The van der Waals surface area contributed by atoms with Gasteiger partial charge in [0.1, 0.15) is 11.6 Å². The van der Waals surface area contributed by atoms with E-state index in [0.717, 1.165) is 17.3 Å². The van der Waals surface area contributed by atoms with Crippen molar-refractivity contribution in [2.24, 2.45) is 5.92 Å². The fraction of sp³-hybridized carbons (Fsp3) is 0.571. The molecule has 1 rings (SSSR count). The molecule has 27 heavy (non-hydrogen) atoms. The molecule has 0 heterocycles. The second kappa shape index (κ2) is 10.5. The van der Waals surface area contributed by atoms with Crippen LogP contribution < -0.4 is 5.32 Å². The Bertz CT molecular complexity index is 637.